The van der Waals surface area contributed by atoms with Gasteiger partial charge in [-0.05, 0) is 42.6 Å². The van der Waals surface area contributed by atoms with Gasteiger partial charge in [-0.25, -0.2) is 4.79 Å². The quantitative estimate of drug-likeness (QED) is 0.167. The summed E-state index contributed by atoms with van der Waals surface area (Å²) in [5.74, 6) is -3.67. The van der Waals surface area contributed by atoms with Crippen LogP contribution < -0.4 is 16.2 Å². The summed E-state index contributed by atoms with van der Waals surface area (Å²) in [5, 5.41) is 5.11. The lowest BCUT2D eigenvalue weighted by molar-refractivity contribution is -0.265. The topological polar surface area (TPSA) is 98.7 Å². The van der Waals surface area contributed by atoms with Crippen LogP contribution in [-0.4, -0.2) is 37.5 Å². The molecule has 0 aliphatic heterocycles. The number of carbonyl (C=O) groups is 2. The smallest absolute Gasteiger partial charge is 0.412 e. The first kappa shape index (κ1) is 36.6. The van der Waals surface area contributed by atoms with Gasteiger partial charge in [0.2, 0.25) is 5.91 Å². The Morgan fingerprint density at radius 2 is 1.52 bits per heavy atom. The minimum Gasteiger partial charge on any atom is -0.444 e. The molecule has 0 saturated heterocycles. The first-order valence-corrected chi connectivity index (χ1v) is 18.0. The number of alkyl halides is 3. The first-order valence-electron chi connectivity index (χ1n) is 15.2. The van der Waals surface area contributed by atoms with Gasteiger partial charge in [0.15, 0.2) is 9.04 Å². The second-order valence-electron chi connectivity index (χ2n) is 13.0. The molecule has 3 aromatic rings. The molecule has 2 atom stereocenters. The fourth-order valence-electron chi connectivity index (χ4n) is 5.76. The molecule has 0 spiro atoms. The van der Waals surface area contributed by atoms with Crippen molar-refractivity contribution < 1.29 is 31.9 Å². The Morgan fingerprint density at radius 3 is 2.02 bits per heavy atom. The molecule has 0 radical (unpaired) electrons. The van der Waals surface area contributed by atoms with Crippen LogP contribution in [-0.2, 0) is 27.1 Å². The summed E-state index contributed by atoms with van der Waals surface area (Å²) >= 11 is 0. The summed E-state index contributed by atoms with van der Waals surface area (Å²) in [7, 11) is -2.16. The number of aromatic nitrogens is 1. The van der Waals surface area contributed by atoms with Crippen LogP contribution in [0.5, 0.6) is 0 Å². The van der Waals surface area contributed by atoms with Gasteiger partial charge in [0.05, 0.1) is 0 Å². The molecular formula is C34H44F3N3O5Si. The SMILES string of the molecule is Cc1c(-c2ccccc2)cc(NC(=O)OCc2ccccc2)c(=O)n1CC(=O)NC(O[SiH](C)C)(C(C)C)C(C(C)(C)C)C(F)(F)F. The molecule has 0 aliphatic carbocycles. The highest BCUT2D eigenvalue weighted by Crippen LogP contribution is 2.49. The average Bonchev–Trinajstić information content (AvgIpc) is 2.94. The van der Waals surface area contributed by atoms with Crippen LogP contribution >= 0.6 is 0 Å². The van der Waals surface area contributed by atoms with E-state index in [2.05, 4.69) is 10.6 Å². The number of hydrogen-bond donors (Lipinski definition) is 2. The van der Waals surface area contributed by atoms with E-state index in [0.29, 0.717) is 16.8 Å². The lowest BCUT2D eigenvalue weighted by Crippen LogP contribution is -2.67. The zero-order valence-corrected chi connectivity index (χ0v) is 28.8. The summed E-state index contributed by atoms with van der Waals surface area (Å²) in [6, 6.07) is 19.5. The Bertz CT molecular complexity index is 1540. The number of halogens is 3. The third kappa shape index (κ3) is 8.88. The Kier molecular flexibility index (Phi) is 11.7. The number of nitrogens with one attached hydrogen (secondary N) is 2. The summed E-state index contributed by atoms with van der Waals surface area (Å²) in [5.41, 5.74) is -1.94. The van der Waals surface area contributed by atoms with Crippen molar-refractivity contribution in [2.75, 3.05) is 5.32 Å². The third-order valence-electron chi connectivity index (χ3n) is 7.64. The molecule has 46 heavy (non-hydrogen) atoms. The van der Waals surface area contributed by atoms with E-state index in [-0.39, 0.29) is 12.3 Å². The Morgan fingerprint density at radius 1 is 0.957 bits per heavy atom. The minimum atomic E-state index is -4.71. The van der Waals surface area contributed by atoms with Crippen molar-refractivity contribution in [1.29, 1.82) is 0 Å². The lowest BCUT2D eigenvalue weighted by atomic mass is 9.70. The van der Waals surface area contributed by atoms with E-state index in [0.717, 1.165) is 10.1 Å². The molecule has 1 heterocycles. The minimum absolute atomic E-state index is 0.0364. The van der Waals surface area contributed by atoms with Crippen LogP contribution in [0.3, 0.4) is 0 Å². The molecule has 250 valence electrons. The molecule has 2 N–H and O–H groups in total. The molecule has 3 rings (SSSR count). The van der Waals surface area contributed by atoms with Gasteiger partial charge in [-0.15, -0.1) is 0 Å². The van der Waals surface area contributed by atoms with Gasteiger partial charge in [0.1, 0.15) is 30.5 Å². The number of benzene rings is 2. The maximum Gasteiger partial charge on any atom is 0.412 e. The second-order valence-corrected chi connectivity index (χ2v) is 15.3. The van der Waals surface area contributed by atoms with Crippen LogP contribution in [0.15, 0.2) is 71.5 Å². The maximum absolute atomic E-state index is 14.8. The van der Waals surface area contributed by atoms with Crippen LogP contribution in [0.4, 0.5) is 23.7 Å². The molecule has 0 fully saturated rings. The van der Waals surface area contributed by atoms with Gasteiger partial charge in [0, 0.05) is 17.2 Å². The summed E-state index contributed by atoms with van der Waals surface area (Å²) in [6.45, 7) is 12.0. The maximum atomic E-state index is 14.8. The van der Waals surface area contributed by atoms with E-state index in [4.69, 9.17) is 9.16 Å². The number of ether oxygens (including phenoxy) is 1. The highest BCUT2D eigenvalue weighted by Gasteiger charge is 2.61. The largest absolute Gasteiger partial charge is 0.444 e. The number of pyridine rings is 1. The molecule has 12 heteroatoms. The van der Waals surface area contributed by atoms with Crippen molar-refractivity contribution in [1.82, 2.24) is 9.88 Å². The summed E-state index contributed by atoms with van der Waals surface area (Å²) < 4.78 is 57.0. The van der Waals surface area contributed by atoms with E-state index >= 15 is 0 Å². The predicted octanol–water partition coefficient (Wildman–Crippen LogP) is 7.27. The standard InChI is InChI=1S/C34H44F3N3O5Si/c1-22(2)33(45-46(7)8,30(32(4,5)6)34(35,36)37)39-28(41)20-40-23(3)26(25-17-13-10-14-18-25)19-27(29(40)42)38-31(43)44-21-24-15-11-9-12-16-24/h9-19,22,30,46H,20-21H2,1-8H3,(H,38,43)(H,39,41). The monoisotopic (exact) mass is 659 g/mol. The van der Waals surface area contributed by atoms with Crippen molar-refractivity contribution in [2.45, 2.75) is 79.7 Å². The number of carbonyl (C=O) groups excluding carboxylic acids is 2. The molecule has 0 saturated carbocycles. The van der Waals surface area contributed by atoms with Gasteiger partial charge < -0.3 is 19.0 Å². The van der Waals surface area contributed by atoms with Crippen molar-refractivity contribution in [2.24, 2.45) is 17.3 Å². The Labute approximate surface area is 270 Å². The zero-order chi connectivity index (χ0) is 34.4. The fourth-order valence-corrected chi connectivity index (χ4v) is 7.01. The van der Waals surface area contributed by atoms with Crippen molar-refractivity contribution in [3.63, 3.8) is 0 Å². The third-order valence-corrected chi connectivity index (χ3v) is 8.50. The molecule has 2 unspecified atom stereocenters. The van der Waals surface area contributed by atoms with Crippen LogP contribution in [0, 0.1) is 24.2 Å². The highest BCUT2D eigenvalue weighted by atomic mass is 28.3. The summed E-state index contributed by atoms with van der Waals surface area (Å²) in [6.07, 6.45) is -5.59. The van der Waals surface area contributed by atoms with Gasteiger partial charge in [-0.3, -0.25) is 14.9 Å². The van der Waals surface area contributed by atoms with Crippen LogP contribution in [0.2, 0.25) is 13.1 Å². The van der Waals surface area contributed by atoms with Crippen molar-refractivity contribution in [3.05, 3.63) is 88.3 Å². The number of anilines is 1. The molecular weight excluding hydrogens is 615 g/mol. The summed E-state index contributed by atoms with van der Waals surface area (Å²) in [4.78, 5) is 40.3. The number of nitrogens with zero attached hydrogens (tertiary/aromatic N) is 1. The normalized spacial score (nSPS) is 14.1. The number of hydrogen-bond acceptors (Lipinski definition) is 5. The van der Waals surface area contributed by atoms with Gasteiger partial charge in [0.25, 0.3) is 5.56 Å². The van der Waals surface area contributed by atoms with Crippen molar-refractivity contribution >= 4 is 26.7 Å². The highest BCUT2D eigenvalue weighted by molar-refractivity contribution is 6.48. The van der Waals surface area contributed by atoms with Gasteiger partial charge in [-0.1, -0.05) is 95.3 Å². The Balaban J connectivity index is 2.07. The van der Waals surface area contributed by atoms with Crippen molar-refractivity contribution in [3.8, 4) is 11.1 Å². The van der Waals surface area contributed by atoms with E-state index in [1.165, 1.54) is 26.8 Å². The average molecular weight is 660 g/mol. The fraction of sp³-hybridized carbons (Fsp3) is 0.441. The molecule has 0 aliphatic rings. The second kappa shape index (κ2) is 14.7. The van der Waals surface area contributed by atoms with E-state index in [1.54, 1.807) is 82.4 Å². The number of rotatable bonds is 11. The van der Waals surface area contributed by atoms with Crippen LogP contribution in [0.25, 0.3) is 11.1 Å². The van der Waals surface area contributed by atoms with E-state index in [9.17, 15) is 27.6 Å². The molecule has 0 bridgehead atoms. The number of amides is 2. The molecule has 2 aromatic carbocycles. The Hall–Kier alpha value is -3.90. The predicted molar refractivity (Wildman–Crippen MR) is 176 cm³/mol. The zero-order valence-electron chi connectivity index (χ0n) is 27.6. The molecule has 1 aromatic heterocycles. The molecule has 8 nitrogen and oxygen atoms in total. The van der Waals surface area contributed by atoms with E-state index in [1.807, 2.05) is 12.1 Å². The molecule has 2 amide bonds. The van der Waals surface area contributed by atoms with Gasteiger partial charge >= 0.3 is 12.3 Å². The lowest BCUT2D eigenvalue weighted by Gasteiger charge is -2.51. The van der Waals surface area contributed by atoms with Gasteiger partial charge in [-0.2, -0.15) is 13.2 Å². The van der Waals surface area contributed by atoms with E-state index < -0.39 is 62.3 Å². The van der Waals surface area contributed by atoms with Crippen LogP contribution in [0.1, 0.15) is 45.9 Å². The first-order chi connectivity index (χ1) is 21.4.